The van der Waals surface area contributed by atoms with E-state index in [1.165, 1.54) is 12.1 Å². The molecule has 0 aliphatic rings. The second-order valence-electron chi connectivity index (χ2n) is 3.55. The van der Waals surface area contributed by atoms with Gasteiger partial charge in [0, 0.05) is 4.32 Å². The number of hydrogen-bond donors (Lipinski definition) is 0. The smallest absolute Gasteiger partial charge is 0.166 e. The Kier molecular flexibility index (Phi) is 2.95. The summed E-state index contributed by atoms with van der Waals surface area (Å²) >= 11 is 3.38. The monoisotopic (exact) mass is 266 g/mol. The van der Waals surface area contributed by atoms with Crippen molar-refractivity contribution in [2.24, 2.45) is 0 Å². The van der Waals surface area contributed by atoms with Crippen molar-refractivity contribution in [1.29, 1.82) is 0 Å². The van der Waals surface area contributed by atoms with Crippen LogP contribution in [-0.4, -0.2) is 0 Å². The fourth-order valence-electron chi connectivity index (χ4n) is 1.06. The van der Waals surface area contributed by atoms with E-state index in [-0.39, 0.29) is 4.32 Å². The molecule has 0 aromatic heterocycles. The first-order valence-corrected chi connectivity index (χ1v) is 4.87. The molecule has 0 fully saturated rings. The molecule has 0 aliphatic carbocycles. The van der Waals surface area contributed by atoms with E-state index in [1.807, 2.05) is 13.8 Å². The molecule has 78 valence electrons. The lowest BCUT2D eigenvalue weighted by atomic mass is 10.0. The molecule has 1 aromatic rings. The van der Waals surface area contributed by atoms with Crippen LogP contribution < -0.4 is 0 Å². The van der Waals surface area contributed by atoms with Crippen LogP contribution in [0.3, 0.4) is 0 Å². The van der Waals surface area contributed by atoms with Gasteiger partial charge in [0.05, 0.1) is 5.56 Å². The molecule has 0 unspecified atom stereocenters. The molecule has 0 spiro atoms. The van der Waals surface area contributed by atoms with Gasteiger partial charge in [0.2, 0.25) is 0 Å². The first kappa shape index (κ1) is 11.6. The molecule has 0 heterocycles. The zero-order valence-corrected chi connectivity index (χ0v) is 9.41. The van der Waals surface area contributed by atoms with Crippen LogP contribution in [0.25, 0.3) is 0 Å². The Morgan fingerprint density at radius 2 is 1.29 bits per heavy atom. The maximum absolute atomic E-state index is 12.2. The summed E-state index contributed by atoms with van der Waals surface area (Å²) in [6, 6.07) is 5.16. The van der Waals surface area contributed by atoms with Crippen LogP contribution in [0.4, 0.5) is 13.2 Å². The standard InChI is InChI=1S/C10H10BrF3/c1-9(2,11)7-3-5-8(6-4-7)10(12,13)14/h3-6H,1-2H3. The Morgan fingerprint density at radius 3 is 1.57 bits per heavy atom. The summed E-state index contributed by atoms with van der Waals surface area (Å²) < 4.78 is 36.3. The van der Waals surface area contributed by atoms with Gasteiger partial charge < -0.3 is 0 Å². The molecule has 1 aromatic carbocycles. The molecule has 0 amide bonds. The zero-order valence-electron chi connectivity index (χ0n) is 7.82. The predicted octanol–water partition coefficient (Wildman–Crippen LogP) is 4.34. The summed E-state index contributed by atoms with van der Waals surface area (Å²) in [5.74, 6) is 0. The molecular formula is C10H10BrF3. The van der Waals surface area contributed by atoms with Crippen molar-refractivity contribution in [2.45, 2.75) is 24.3 Å². The van der Waals surface area contributed by atoms with Gasteiger partial charge >= 0.3 is 6.18 Å². The van der Waals surface area contributed by atoms with Crippen LogP contribution in [0.1, 0.15) is 25.0 Å². The van der Waals surface area contributed by atoms with E-state index in [0.717, 1.165) is 17.7 Å². The molecular weight excluding hydrogens is 257 g/mol. The number of alkyl halides is 4. The molecule has 0 atom stereocenters. The topological polar surface area (TPSA) is 0 Å². The van der Waals surface area contributed by atoms with Gasteiger partial charge in [-0.25, -0.2) is 0 Å². The number of benzene rings is 1. The van der Waals surface area contributed by atoms with Gasteiger partial charge in [-0.1, -0.05) is 28.1 Å². The maximum atomic E-state index is 12.2. The summed E-state index contributed by atoms with van der Waals surface area (Å²) in [5, 5.41) is 0. The van der Waals surface area contributed by atoms with Crippen molar-refractivity contribution in [3.8, 4) is 0 Å². The SMILES string of the molecule is CC(C)(Br)c1ccc(C(F)(F)F)cc1. The van der Waals surface area contributed by atoms with Crippen LogP contribution in [0.15, 0.2) is 24.3 Å². The van der Waals surface area contributed by atoms with Gasteiger partial charge in [0.25, 0.3) is 0 Å². The molecule has 0 nitrogen and oxygen atoms in total. The van der Waals surface area contributed by atoms with Gasteiger partial charge in [-0.3, -0.25) is 0 Å². The first-order chi connectivity index (χ1) is 6.21. The number of hydrogen-bond acceptors (Lipinski definition) is 0. The summed E-state index contributed by atoms with van der Waals surface area (Å²) in [7, 11) is 0. The van der Waals surface area contributed by atoms with Crippen LogP contribution in [0.2, 0.25) is 0 Å². The fraction of sp³-hybridized carbons (Fsp3) is 0.400. The number of halogens is 4. The zero-order chi connectivity index (χ0) is 11.0. The minimum absolute atomic E-state index is 0.295. The van der Waals surface area contributed by atoms with Crippen molar-refractivity contribution in [3.63, 3.8) is 0 Å². The highest BCUT2D eigenvalue weighted by Crippen LogP contribution is 2.33. The second-order valence-corrected chi connectivity index (χ2v) is 5.53. The van der Waals surface area contributed by atoms with Crippen LogP contribution in [0, 0.1) is 0 Å². The molecule has 0 N–H and O–H groups in total. The van der Waals surface area contributed by atoms with Gasteiger partial charge in [-0.2, -0.15) is 13.2 Å². The first-order valence-electron chi connectivity index (χ1n) is 4.08. The normalized spacial score (nSPS) is 13.0. The maximum Gasteiger partial charge on any atom is 0.416 e. The van der Waals surface area contributed by atoms with Gasteiger partial charge in [0.1, 0.15) is 0 Å². The third-order valence-corrected chi connectivity index (χ3v) is 2.36. The number of rotatable bonds is 1. The summed E-state index contributed by atoms with van der Waals surface area (Å²) in [6.07, 6.45) is -4.25. The van der Waals surface area contributed by atoms with Crippen molar-refractivity contribution in [3.05, 3.63) is 35.4 Å². The van der Waals surface area contributed by atoms with E-state index >= 15 is 0 Å². The quantitative estimate of drug-likeness (QED) is 0.664. The van der Waals surface area contributed by atoms with E-state index in [4.69, 9.17) is 0 Å². The second kappa shape index (κ2) is 3.57. The third kappa shape index (κ3) is 2.74. The van der Waals surface area contributed by atoms with E-state index in [2.05, 4.69) is 15.9 Å². The molecule has 0 radical (unpaired) electrons. The highest BCUT2D eigenvalue weighted by Gasteiger charge is 2.30. The summed E-state index contributed by atoms with van der Waals surface area (Å²) in [5.41, 5.74) is 0.212. The van der Waals surface area contributed by atoms with Gasteiger partial charge in [-0.15, -0.1) is 0 Å². The van der Waals surface area contributed by atoms with Crippen molar-refractivity contribution in [1.82, 2.24) is 0 Å². The average Bonchev–Trinajstić information content (AvgIpc) is 2.01. The molecule has 0 saturated carbocycles. The molecule has 0 aliphatic heterocycles. The molecule has 14 heavy (non-hydrogen) atoms. The Morgan fingerprint density at radius 1 is 0.929 bits per heavy atom. The lowest BCUT2D eigenvalue weighted by molar-refractivity contribution is -0.137. The van der Waals surface area contributed by atoms with Crippen molar-refractivity contribution < 1.29 is 13.2 Å². The minimum atomic E-state index is -4.25. The van der Waals surface area contributed by atoms with Crippen LogP contribution >= 0.6 is 15.9 Å². The van der Waals surface area contributed by atoms with E-state index < -0.39 is 11.7 Å². The fourth-order valence-corrected chi connectivity index (χ4v) is 1.32. The lowest BCUT2D eigenvalue weighted by Gasteiger charge is -2.17. The van der Waals surface area contributed by atoms with Crippen molar-refractivity contribution in [2.75, 3.05) is 0 Å². The Labute approximate surface area is 89.3 Å². The highest BCUT2D eigenvalue weighted by atomic mass is 79.9. The largest absolute Gasteiger partial charge is 0.416 e. The lowest BCUT2D eigenvalue weighted by Crippen LogP contribution is -2.09. The molecule has 4 heteroatoms. The van der Waals surface area contributed by atoms with Crippen LogP contribution in [-0.2, 0) is 10.5 Å². The highest BCUT2D eigenvalue weighted by molar-refractivity contribution is 9.09. The average molecular weight is 267 g/mol. The molecule has 0 bridgehead atoms. The third-order valence-electron chi connectivity index (χ3n) is 1.90. The Balaban J connectivity index is 3.02. The van der Waals surface area contributed by atoms with Crippen molar-refractivity contribution >= 4 is 15.9 Å². The summed E-state index contributed by atoms with van der Waals surface area (Å²) in [4.78, 5) is 0. The van der Waals surface area contributed by atoms with Gasteiger partial charge in [0.15, 0.2) is 0 Å². The Hall–Kier alpha value is -0.510. The van der Waals surface area contributed by atoms with E-state index in [0.29, 0.717) is 0 Å². The van der Waals surface area contributed by atoms with E-state index in [9.17, 15) is 13.2 Å². The predicted molar refractivity (Wildman–Crippen MR) is 53.4 cm³/mol. The van der Waals surface area contributed by atoms with E-state index in [1.54, 1.807) is 0 Å². The summed E-state index contributed by atoms with van der Waals surface area (Å²) in [6.45, 7) is 3.77. The molecule has 0 saturated heterocycles. The molecule has 1 rings (SSSR count). The minimum Gasteiger partial charge on any atom is -0.166 e. The van der Waals surface area contributed by atoms with Gasteiger partial charge in [-0.05, 0) is 31.5 Å². The Bertz CT molecular complexity index is 273. The van der Waals surface area contributed by atoms with Crippen LogP contribution in [0.5, 0.6) is 0 Å².